The van der Waals surface area contributed by atoms with E-state index >= 15 is 0 Å². The average Bonchev–Trinajstić information content (AvgIpc) is 2.60. The van der Waals surface area contributed by atoms with E-state index in [2.05, 4.69) is 9.93 Å². The van der Waals surface area contributed by atoms with E-state index in [9.17, 15) is 18.5 Å². The van der Waals surface area contributed by atoms with Crippen LogP contribution in [-0.4, -0.2) is 25.7 Å². The van der Waals surface area contributed by atoms with Gasteiger partial charge in [-0.3, -0.25) is 10.1 Å². The molecule has 0 amide bonds. The fraction of sp³-hybridized carbons (Fsp3) is 0.188. The molecule has 0 aromatic heterocycles. The molecule has 0 aliphatic rings. The van der Waals surface area contributed by atoms with Crippen LogP contribution in [0.4, 0.5) is 5.69 Å². The topological polar surface area (TPSA) is 111 Å². The molecule has 132 valence electrons. The molecular formula is C16H17N3O5S. The first-order chi connectivity index (χ1) is 11.8. The predicted octanol–water partition coefficient (Wildman–Crippen LogP) is 2.70. The predicted molar refractivity (Wildman–Crippen MR) is 93.2 cm³/mol. The number of ether oxygens (including phenoxy) is 1. The van der Waals surface area contributed by atoms with Gasteiger partial charge in [-0.25, -0.2) is 0 Å². The van der Waals surface area contributed by atoms with Crippen LogP contribution in [0.25, 0.3) is 0 Å². The number of hydrogen-bond acceptors (Lipinski definition) is 6. The fourth-order valence-corrected chi connectivity index (χ4v) is 2.92. The molecule has 0 saturated heterocycles. The van der Waals surface area contributed by atoms with E-state index in [-0.39, 0.29) is 21.9 Å². The molecule has 25 heavy (non-hydrogen) atoms. The molecule has 2 aromatic carbocycles. The van der Waals surface area contributed by atoms with Gasteiger partial charge in [-0.15, -0.1) is 0 Å². The van der Waals surface area contributed by atoms with Gasteiger partial charge in [0.15, 0.2) is 0 Å². The number of hydrazone groups is 1. The van der Waals surface area contributed by atoms with Crippen molar-refractivity contribution in [1.29, 1.82) is 0 Å². The third-order valence-electron chi connectivity index (χ3n) is 3.27. The maximum absolute atomic E-state index is 12.3. The van der Waals surface area contributed by atoms with Gasteiger partial charge in [-0.1, -0.05) is 12.1 Å². The first-order valence-electron chi connectivity index (χ1n) is 7.38. The molecule has 0 heterocycles. The Morgan fingerprint density at radius 3 is 2.44 bits per heavy atom. The van der Waals surface area contributed by atoms with Gasteiger partial charge >= 0.3 is 0 Å². The second kappa shape index (κ2) is 7.75. The summed E-state index contributed by atoms with van der Waals surface area (Å²) in [5, 5.41) is 14.8. The van der Waals surface area contributed by atoms with Gasteiger partial charge in [0, 0.05) is 6.07 Å². The van der Waals surface area contributed by atoms with Crippen molar-refractivity contribution >= 4 is 21.4 Å². The Morgan fingerprint density at radius 1 is 1.20 bits per heavy atom. The van der Waals surface area contributed by atoms with Gasteiger partial charge in [-0.2, -0.15) is 18.4 Å². The summed E-state index contributed by atoms with van der Waals surface area (Å²) >= 11 is 0. The van der Waals surface area contributed by atoms with E-state index in [0.717, 1.165) is 0 Å². The maximum Gasteiger partial charge on any atom is 0.278 e. The molecule has 8 nitrogen and oxygen atoms in total. The van der Waals surface area contributed by atoms with Crippen molar-refractivity contribution in [3.05, 3.63) is 64.2 Å². The van der Waals surface area contributed by atoms with E-state index in [0.29, 0.717) is 12.4 Å². The van der Waals surface area contributed by atoms with Crippen molar-refractivity contribution in [2.45, 2.75) is 18.7 Å². The molecule has 0 radical (unpaired) electrons. The zero-order chi connectivity index (χ0) is 18.4. The minimum atomic E-state index is -3.89. The third kappa shape index (κ3) is 4.54. The molecule has 1 N–H and O–H groups in total. The molecule has 2 aromatic rings. The van der Waals surface area contributed by atoms with Crippen molar-refractivity contribution in [2.24, 2.45) is 5.10 Å². The van der Waals surface area contributed by atoms with Crippen molar-refractivity contribution in [3.63, 3.8) is 0 Å². The lowest BCUT2D eigenvalue weighted by Crippen LogP contribution is -2.20. The van der Waals surface area contributed by atoms with Crippen LogP contribution in [0, 0.1) is 10.1 Å². The quantitative estimate of drug-likeness (QED) is 0.462. The van der Waals surface area contributed by atoms with E-state index in [4.69, 9.17) is 4.74 Å². The summed E-state index contributed by atoms with van der Waals surface area (Å²) in [6.45, 7) is 3.79. The lowest BCUT2D eigenvalue weighted by molar-refractivity contribution is -0.385. The maximum atomic E-state index is 12.3. The van der Waals surface area contributed by atoms with Crippen LogP contribution in [0.3, 0.4) is 0 Å². The van der Waals surface area contributed by atoms with E-state index < -0.39 is 14.9 Å². The van der Waals surface area contributed by atoms with Crippen LogP contribution in [0.15, 0.2) is 58.5 Å². The Labute approximate surface area is 145 Å². The largest absolute Gasteiger partial charge is 0.494 e. The minimum absolute atomic E-state index is 0.00932. The second-order valence-electron chi connectivity index (χ2n) is 4.97. The number of para-hydroxylation sites is 1. The Morgan fingerprint density at radius 2 is 1.84 bits per heavy atom. The zero-order valence-electron chi connectivity index (χ0n) is 13.7. The Balaban J connectivity index is 2.23. The van der Waals surface area contributed by atoms with Gasteiger partial charge in [0.2, 0.25) is 0 Å². The molecular weight excluding hydrogens is 346 g/mol. The summed E-state index contributed by atoms with van der Waals surface area (Å²) in [5.41, 5.74) is 0.271. The van der Waals surface area contributed by atoms with Gasteiger partial charge in [0.1, 0.15) is 5.75 Å². The van der Waals surface area contributed by atoms with Crippen LogP contribution in [-0.2, 0) is 10.0 Å². The van der Waals surface area contributed by atoms with Crippen LogP contribution in [0.2, 0.25) is 0 Å². The van der Waals surface area contributed by atoms with Crippen molar-refractivity contribution in [1.82, 2.24) is 4.83 Å². The number of nitro benzene ring substituents is 1. The van der Waals surface area contributed by atoms with E-state index in [1.54, 1.807) is 6.07 Å². The number of nitrogens with one attached hydrogen (secondary N) is 1. The van der Waals surface area contributed by atoms with Crippen molar-refractivity contribution in [2.75, 3.05) is 6.61 Å². The summed E-state index contributed by atoms with van der Waals surface area (Å²) in [6.07, 6.45) is 0. The highest BCUT2D eigenvalue weighted by molar-refractivity contribution is 7.89. The number of nitro groups is 1. The molecule has 0 atom stereocenters. The summed E-state index contributed by atoms with van der Waals surface area (Å²) < 4.78 is 29.8. The Kier molecular flexibility index (Phi) is 5.71. The van der Waals surface area contributed by atoms with Crippen LogP contribution >= 0.6 is 0 Å². The number of rotatable bonds is 7. The number of benzene rings is 2. The molecule has 0 unspecified atom stereocenters. The van der Waals surface area contributed by atoms with Crippen LogP contribution in [0.5, 0.6) is 5.75 Å². The summed E-state index contributed by atoms with van der Waals surface area (Å²) in [7, 11) is -3.89. The minimum Gasteiger partial charge on any atom is -0.494 e. The molecule has 0 aliphatic heterocycles. The average molecular weight is 363 g/mol. The van der Waals surface area contributed by atoms with Crippen LogP contribution < -0.4 is 9.57 Å². The number of hydrogen-bond donors (Lipinski definition) is 1. The number of nitrogens with zero attached hydrogens (tertiary/aromatic N) is 2. The van der Waals surface area contributed by atoms with E-state index in [1.165, 1.54) is 49.4 Å². The van der Waals surface area contributed by atoms with Gasteiger partial charge in [0.25, 0.3) is 15.7 Å². The molecule has 0 spiro atoms. The van der Waals surface area contributed by atoms with Gasteiger partial charge in [0.05, 0.1) is 27.7 Å². The number of sulfonamides is 1. The molecule has 0 fully saturated rings. The molecule has 0 saturated carbocycles. The van der Waals surface area contributed by atoms with Crippen molar-refractivity contribution < 1.29 is 18.1 Å². The molecule has 0 aliphatic carbocycles. The summed E-state index contributed by atoms with van der Waals surface area (Å²) in [4.78, 5) is 12.6. The van der Waals surface area contributed by atoms with E-state index in [1.807, 2.05) is 6.92 Å². The SMILES string of the molecule is CCOc1ccc(S(=O)(=O)N/N=C(/C)c2ccccc2[N+](=O)[O-])cc1. The highest BCUT2D eigenvalue weighted by Crippen LogP contribution is 2.19. The van der Waals surface area contributed by atoms with Gasteiger partial charge in [-0.05, 0) is 44.2 Å². The molecule has 0 bridgehead atoms. The monoisotopic (exact) mass is 363 g/mol. The second-order valence-corrected chi connectivity index (χ2v) is 6.63. The normalized spacial score (nSPS) is 11.8. The fourth-order valence-electron chi connectivity index (χ4n) is 2.06. The summed E-state index contributed by atoms with van der Waals surface area (Å²) in [6, 6.07) is 11.8. The summed E-state index contributed by atoms with van der Waals surface area (Å²) in [5.74, 6) is 0.557. The third-order valence-corrected chi connectivity index (χ3v) is 4.49. The molecule has 9 heteroatoms. The zero-order valence-corrected chi connectivity index (χ0v) is 14.5. The lowest BCUT2D eigenvalue weighted by Gasteiger charge is -2.07. The lowest BCUT2D eigenvalue weighted by atomic mass is 10.1. The first kappa shape index (κ1) is 18.4. The van der Waals surface area contributed by atoms with Gasteiger partial charge < -0.3 is 4.74 Å². The Hall–Kier alpha value is -2.94. The smallest absolute Gasteiger partial charge is 0.278 e. The highest BCUT2D eigenvalue weighted by Gasteiger charge is 2.17. The molecule has 2 rings (SSSR count). The Bertz CT molecular complexity index is 892. The standard InChI is InChI=1S/C16H17N3O5S/c1-3-24-13-8-10-14(11-9-13)25(22,23)18-17-12(2)15-6-4-5-7-16(15)19(20)21/h4-11,18H,3H2,1-2H3/b17-12-. The first-order valence-corrected chi connectivity index (χ1v) is 8.86. The van der Waals surface area contributed by atoms with Crippen molar-refractivity contribution in [3.8, 4) is 5.75 Å². The highest BCUT2D eigenvalue weighted by atomic mass is 32.2. The van der Waals surface area contributed by atoms with Crippen LogP contribution in [0.1, 0.15) is 19.4 Å².